The molecule has 0 atom stereocenters. The van der Waals surface area contributed by atoms with E-state index in [4.69, 9.17) is 4.74 Å². The molecule has 1 amide bonds. The number of halogens is 1. The summed E-state index contributed by atoms with van der Waals surface area (Å²) >= 11 is 0. The quantitative estimate of drug-likeness (QED) is 0.851. The fraction of sp³-hybridized carbons (Fsp3) is 0.188. The van der Waals surface area contributed by atoms with Crippen molar-refractivity contribution in [3.63, 3.8) is 0 Å². The number of rotatable bonds is 5. The van der Waals surface area contributed by atoms with Crippen molar-refractivity contribution in [2.45, 2.75) is 6.92 Å². The summed E-state index contributed by atoms with van der Waals surface area (Å²) < 4.78 is 18.4. The Bertz CT molecular complexity index is 581. The van der Waals surface area contributed by atoms with Crippen LogP contribution in [-0.4, -0.2) is 19.1 Å². The molecule has 0 saturated carbocycles. The molecule has 2 rings (SSSR count). The second kappa shape index (κ2) is 6.70. The molecule has 0 aromatic heterocycles. The van der Waals surface area contributed by atoms with Crippen LogP contribution in [0.4, 0.5) is 4.39 Å². The van der Waals surface area contributed by atoms with E-state index in [0.29, 0.717) is 18.7 Å². The average Bonchev–Trinajstić information content (AvgIpc) is 2.45. The molecule has 0 aliphatic rings. The monoisotopic (exact) mass is 273 g/mol. The van der Waals surface area contributed by atoms with Crippen molar-refractivity contribution in [3.8, 4) is 5.75 Å². The minimum absolute atomic E-state index is 0.306. The third-order valence-corrected chi connectivity index (χ3v) is 2.76. The van der Waals surface area contributed by atoms with E-state index >= 15 is 0 Å². The highest BCUT2D eigenvalue weighted by Crippen LogP contribution is 2.10. The minimum Gasteiger partial charge on any atom is -0.492 e. The van der Waals surface area contributed by atoms with Crippen molar-refractivity contribution < 1.29 is 13.9 Å². The zero-order valence-corrected chi connectivity index (χ0v) is 11.2. The maximum atomic E-state index is 13.0. The van der Waals surface area contributed by atoms with E-state index in [0.717, 1.165) is 11.3 Å². The number of hydrogen-bond acceptors (Lipinski definition) is 2. The molecule has 104 valence electrons. The number of benzene rings is 2. The molecule has 0 radical (unpaired) electrons. The molecular formula is C16H16FNO2. The highest BCUT2D eigenvalue weighted by molar-refractivity contribution is 5.94. The summed E-state index contributed by atoms with van der Waals surface area (Å²) in [6.07, 6.45) is 0. The number of aryl methyl sites for hydroxylation is 1. The van der Waals surface area contributed by atoms with E-state index in [9.17, 15) is 9.18 Å². The molecule has 0 heterocycles. The predicted molar refractivity (Wildman–Crippen MR) is 75.4 cm³/mol. The molecule has 2 aromatic carbocycles. The predicted octanol–water partition coefficient (Wildman–Crippen LogP) is 2.94. The number of amides is 1. The summed E-state index contributed by atoms with van der Waals surface area (Å²) in [7, 11) is 0. The van der Waals surface area contributed by atoms with Crippen LogP contribution >= 0.6 is 0 Å². The number of carbonyl (C=O) groups excluding carboxylic acids is 1. The third kappa shape index (κ3) is 4.09. The lowest BCUT2D eigenvalue weighted by atomic mass is 10.2. The van der Waals surface area contributed by atoms with Gasteiger partial charge in [0.15, 0.2) is 0 Å². The summed E-state index contributed by atoms with van der Waals surface area (Å²) in [6, 6.07) is 13.3. The highest BCUT2D eigenvalue weighted by Gasteiger charge is 2.05. The highest BCUT2D eigenvalue weighted by atomic mass is 19.1. The second-order valence-electron chi connectivity index (χ2n) is 4.43. The largest absolute Gasteiger partial charge is 0.492 e. The van der Waals surface area contributed by atoms with Gasteiger partial charge in [-0.15, -0.1) is 0 Å². The summed E-state index contributed by atoms with van der Waals surface area (Å²) in [6.45, 7) is 2.73. The Labute approximate surface area is 117 Å². The van der Waals surface area contributed by atoms with E-state index in [1.165, 1.54) is 18.2 Å². The average molecular weight is 273 g/mol. The first kappa shape index (κ1) is 14.1. The molecule has 2 aromatic rings. The van der Waals surface area contributed by atoms with Gasteiger partial charge in [0.2, 0.25) is 0 Å². The van der Waals surface area contributed by atoms with Crippen LogP contribution in [0.25, 0.3) is 0 Å². The Hall–Kier alpha value is -2.36. The molecule has 0 aliphatic heterocycles. The van der Waals surface area contributed by atoms with Gasteiger partial charge < -0.3 is 10.1 Å². The van der Waals surface area contributed by atoms with Gasteiger partial charge >= 0.3 is 0 Å². The molecule has 0 spiro atoms. The molecule has 0 bridgehead atoms. The third-order valence-electron chi connectivity index (χ3n) is 2.76. The van der Waals surface area contributed by atoms with Crippen molar-refractivity contribution >= 4 is 5.91 Å². The smallest absolute Gasteiger partial charge is 0.251 e. The van der Waals surface area contributed by atoms with Gasteiger partial charge in [-0.1, -0.05) is 23.8 Å². The standard InChI is InChI=1S/C16H16FNO2/c1-12-5-7-15(8-6-12)20-10-9-18-16(19)13-3-2-4-14(17)11-13/h2-8,11H,9-10H2,1H3,(H,18,19). The Kier molecular flexibility index (Phi) is 4.71. The maximum absolute atomic E-state index is 13.0. The van der Waals surface area contributed by atoms with Crippen LogP contribution in [0.2, 0.25) is 0 Å². The van der Waals surface area contributed by atoms with Crippen LogP contribution in [0.1, 0.15) is 15.9 Å². The lowest BCUT2D eigenvalue weighted by Gasteiger charge is -2.08. The fourth-order valence-corrected chi connectivity index (χ4v) is 1.70. The second-order valence-corrected chi connectivity index (χ2v) is 4.43. The van der Waals surface area contributed by atoms with Gasteiger partial charge in [-0.2, -0.15) is 0 Å². The molecule has 1 N–H and O–H groups in total. The molecule has 0 aliphatic carbocycles. The fourth-order valence-electron chi connectivity index (χ4n) is 1.70. The van der Waals surface area contributed by atoms with Gasteiger partial charge in [0.1, 0.15) is 18.2 Å². The van der Waals surface area contributed by atoms with Crippen LogP contribution in [0.15, 0.2) is 48.5 Å². The van der Waals surface area contributed by atoms with E-state index in [2.05, 4.69) is 5.32 Å². The van der Waals surface area contributed by atoms with Gasteiger partial charge in [0.25, 0.3) is 5.91 Å². The van der Waals surface area contributed by atoms with E-state index < -0.39 is 5.82 Å². The van der Waals surface area contributed by atoms with E-state index in [-0.39, 0.29) is 5.91 Å². The van der Waals surface area contributed by atoms with Crippen LogP contribution in [0, 0.1) is 12.7 Å². The van der Waals surface area contributed by atoms with Crippen LogP contribution < -0.4 is 10.1 Å². The molecule has 0 fully saturated rings. The molecule has 3 nitrogen and oxygen atoms in total. The van der Waals surface area contributed by atoms with Gasteiger partial charge in [-0.05, 0) is 37.3 Å². The van der Waals surface area contributed by atoms with Gasteiger partial charge in [0.05, 0.1) is 6.54 Å². The van der Waals surface area contributed by atoms with Crippen LogP contribution in [0.5, 0.6) is 5.75 Å². The first-order valence-corrected chi connectivity index (χ1v) is 6.38. The number of hydrogen-bond donors (Lipinski definition) is 1. The summed E-state index contributed by atoms with van der Waals surface area (Å²) in [4.78, 5) is 11.7. The topological polar surface area (TPSA) is 38.3 Å². The first-order chi connectivity index (χ1) is 9.65. The number of nitrogens with one attached hydrogen (secondary N) is 1. The zero-order chi connectivity index (χ0) is 14.4. The lowest BCUT2D eigenvalue weighted by Crippen LogP contribution is -2.28. The van der Waals surface area contributed by atoms with Crippen molar-refractivity contribution in [1.29, 1.82) is 0 Å². The molecule has 20 heavy (non-hydrogen) atoms. The van der Waals surface area contributed by atoms with E-state index in [1.807, 2.05) is 31.2 Å². The lowest BCUT2D eigenvalue weighted by molar-refractivity contribution is 0.0946. The Morgan fingerprint density at radius 2 is 1.95 bits per heavy atom. The summed E-state index contributed by atoms with van der Waals surface area (Å²) in [5.74, 6) is 0.0289. The number of ether oxygens (including phenoxy) is 1. The first-order valence-electron chi connectivity index (χ1n) is 6.38. The van der Waals surface area contributed by atoms with E-state index in [1.54, 1.807) is 6.07 Å². The van der Waals surface area contributed by atoms with Crippen molar-refractivity contribution in [2.75, 3.05) is 13.2 Å². The summed E-state index contributed by atoms with van der Waals surface area (Å²) in [5, 5.41) is 2.68. The molecule has 0 saturated heterocycles. The van der Waals surface area contributed by atoms with Crippen LogP contribution in [-0.2, 0) is 0 Å². The van der Waals surface area contributed by atoms with Crippen molar-refractivity contribution in [2.24, 2.45) is 0 Å². The van der Waals surface area contributed by atoms with Crippen molar-refractivity contribution in [3.05, 3.63) is 65.5 Å². The van der Waals surface area contributed by atoms with Gasteiger partial charge in [-0.25, -0.2) is 4.39 Å². The zero-order valence-electron chi connectivity index (χ0n) is 11.2. The van der Waals surface area contributed by atoms with Crippen molar-refractivity contribution in [1.82, 2.24) is 5.32 Å². The molecule has 4 heteroatoms. The summed E-state index contributed by atoms with van der Waals surface area (Å²) in [5.41, 5.74) is 1.47. The normalized spacial score (nSPS) is 10.1. The van der Waals surface area contributed by atoms with Gasteiger partial charge in [-0.3, -0.25) is 4.79 Å². The molecule has 0 unspecified atom stereocenters. The Morgan fingerprint density at radius 1 is 1.20 bits per heavy atom. The van der Waals surface area contributed by atoms with Gasteiger partial charge in [0, 0.05) is 5.56 Å². The number of carbonyl (C=O) groups is 1. The molecular weight excluding hydrogens is 257 g/mol. The Balaban J connectivity index is 1.76. The maximum Gasteiger partial charge on any atom is 0.251 e. The minimum atomic E-state index is -0.423. The van der Waals surface area contributed by atoms with Crippen LogP contribution in [0.3, 0.4) is 0 Å². The Morgan fingerprint density at radius 3 is 2.65 bits per heavy atom. The SMILES string of the molecule is Cc1ccc(OCCNC(=O)c2cccc(F)c2)cc1.